The van der Waals surface area contributed by atoms with Gasteiger partial charge in [0, 0.05) is 42.8 Å². The molecule has 7 heteroatoms. The average molecular weight is 368 g/mol. The Bertz CT molecular complexity index is 835. The molecule has 2 amide bonds. The van der Waals surface area contributed by atoms with Gasteiger partial charge in [-0.05, 0) is 37.3 Å². The third-order valence-corrected chi connectivity index (χ3v) is 5.88. The van der Waals surface area contributed by atoms with Crippen molar-refractivity contribution in [3.05, 3.63) is 48.2 Å². The number of benzene rings is 1. The third-order valence-electron chi connectivity index (χ3n) is 4.70. The molecule has 0 aliphatic carbocycles. The molecule has 2 aliphatic rings. The van der Waals surface area contributed by atoms with Crippen molar-refractivity contribution in [1.82, 2.24) is 9.88 Å². The maximum absolute atomic E-state index is 12.8. The zero-order valence-electron chi connectivity index (χ0n) is 14.5. The maximum Gasteiger partial charge on any atom is 0.254 e. The second-order valence-electron chi connectivity index (χ2n) is 6.43. The number of amides is 2. The molecule has 1 aromatic carbocycles. The first-order valence-corrected chi connectivity index (χ1v) is 9.56. The van der Waals surface area contributed by atoms with Gasteiger partial charge in [-0.15, -0.1) is 11.8 Å². The van der Waals surface area contributed by atoms with Crippen LogP contribution in [0.15, 0.2) is 47.5 Å². The van der Waals surface area contributed by atoms with Crippen molar-refractivity contribution in [3.63, 3.8) is 0 Å². The smallest absolute Gasteiger partial charge is 0.254 e. The summed E-state index contributed by atoms with van der Waals surface area (Å²) in [6, 6.07) is 11.4. The minimum absolute atomic E-state index is 0.00587. The molecule has 0 bridgehead atoms. The molecular formula is C19H20N4O2S. The minimum Gasteiger partial charge on any atom is -0.353 e. The predicted molar refractivity (Wildman–Crippen MR) is 103 cm³/mol. The van der Waals surface area contributed by atoms with Crippen LogP contribution in [0.2, 0.25) is 0 Å². The third kappa shape index (κ3) is 3.26. The van der Waals surface area contributed by atoms with Gasteiger partial charge in [0.15, 0.2) is 0 Å². The van der Waals surface area contributed by atoms with Gasteiger partial charge in [0.1, 0.15) is 5.82 Å². The van der Waals surface area contributed by atoms with Crippen molar-refractivity contribution in [2.75, 3.05) is 36.4 Å². The molecular weight excluding hydrogens is 348 g/mol. The van der Waals surface area contributed by atoms with Crippen LogP contribution < -0.4 is 10.2 Å². The van der Waals surface area contributed by atoms with Gasteiger partial charge in [0.25, 0.3) is 5.91 Å². The molecule has 3 heterocycles. The lowest BCUT2D eigenvalue weighted by molar-refractivity contribution is -0.115. The number of pyridine rings is 1. The number of aromatic nitrogens is 1. The Labute approximate surface area is 156 Å². The van der Waals surface area contributed by atoms with Crippen LogP contribution >= 0.6 is 11.8 Å². The standard InChI is InChI=1S/C19H20N4O2S/c1-13-18(24)21-15-12-14(5-6-16(15)26-13)19(25)23-10-8-22(9-11-23)17-4-2-3-7-20-17/h2-7,12-13H,8-11H2,1H3,(H,21,24)/t13-/m0/s1. The molecule has 0 unspecified atom stereocenters. The van der Waals surface area contributed by atoms with Crippen LogP contribution in [0.4, 0.5) is 11.5 Å². The zero-order valence-corrected chi connectivity index (χ0v) is 15.3. The van der Waals surface area contributed by atoms with Crippen molar-refractivity contribution in [1.29, 1.82) is 0 Å². The molecule has 6 nitrogen and oxygen atoms in total. The summed E-state index contributed by atoms with van der Waals surface area (Å²) < 4.78 is 0. The lowest BCUT2D eigenvalue weighted by Gasteiger charge is -2.35. The lowest BCUT2D eigenvalue weighted by Crippen LogP contribution is -2.49. The van der Waals surface area contributed by atoms with E-state index in [2.05, 4.69) is 15.2 Å². The van der Waals surface area contributed by atoms with E-state index in [1.54, 1.807) is 12.3 Å². The van der Waals surface area contributed by atoms with Crippen molar-refractivity contribution in [3.8, 4) is 0 Å². The fraction of sp³-hybridized carbons (Fsp3) is 0.316. The first kappa shape index (κ1) is 16.9. The molecule has 1 fully saturated rings. The van der Waals surface area contributed by atoms with Crippen LogP contribution in [0, 0.1) is 0 Å². The van der Waals surface area contributed by atoms with Crippen molar-refractivity contribution in [2.45, 2.75) is 17.1 Å². The predicted octanol–water partition coefficient (Wildman–Crippen LogP) is 2.48. The van der Waals surface area contributed by atoms with E-state index < -0.39 is 0 Å². The van der Waals surface area contributed by atoms with Crippen LogP contribution in [0.5, 0.6) is 0 Å². The van der Waals surface area contributed by atoms with Gasteiger partial charge in [-0.1, -0.05) is 6.07 Å². The summed E-state index contributed by atoms with van der Waals surface area (Å²) in [5.74, 6) is 0.935. The first-order valence-electron chi connectivity index (χ1n) is 8.68. The van der Waals surface area contributed by atoms with Crippen molar-refractivity contribution < 1.29 is 9.59 Å². The van der Waals surface area contributed by atoms with E-state index in [0.29, 0.717) is 18.7 Å². The molecule has 1 N–H and O–H groups in total. The van der Waals surface area contributed by atoms with Gasteiger partial charge in [0.2, 0.25) is 5.91 Å². The highest BCUT2D eigenvalue weighted by atomic mass is 32.2. The van der Waals surface area contributed by atoms with Crippen LogP contribution in [0.1, 0.15) is 17.3 Å². The number of piperazine rings is 1. The summed E-state index contributed by atoms with van der Waals surface area (Å²) in [6.07, 6.45) is 1.78. The summed E-state index contributed by atoms with van der Waals surface area (Å²) >= 11 is 1.52. The highest BCUT2D eigenvalue weighted by Crippen LogP contribution is 2.36. The zero-order chi connectivity index (χ0) is 18.1. The summed E-state index contributed by atoms with van der Waals surface area (Å²) in [5, 5.41) is 2.78. The number of carbonyl (C=O) groups excluding carboxylic acids is 2. The molecule has 1 aromatic heterocycles. The number of fused-ring (bicyclic) bond motifs is 1. The van der Waals surface area contributed by atoms with E-state index >= 15 is 0 Å². The van der Waals surface area contributed by atoms with Crippen LogP contribution in [0.3, 0.4) is 0 Å². The Kier molecular flexibility index (Phi) is 4.55. The number of thioether (sulfide) groups is 1. The monoisotopic (exact) mass is 368 g/mol. The number of hydrogen-bond donors (Lipinski definition) is 1. The molecule has 0 spiro atoms. The number of hydrogen-bond acceptors (Lipinski definition) is 5. The molecule has 2 aliphatic heterocycles. The van der Waals surface area contributed by atoms with Gasteiger partial charge in [-0.3, -0.25) is 9.59 Å². The molecule has 1 saturated heterocycles. The Balaban J connectivity index is 1.44. The van der Waals surface area contributed by atoms with Crippen molar-refractivity contribution >= 4 is 35.1 Å². The normalized spacial score (nSPS) is 19.7. The molecule has 26 heavy (non-hydrogen) atoms. The number of anilines is 2. The Morgan fingerprint density at radius 3 is 2.73 bits per heavy atom. The number of nitrogens with one attached hydrogen (secondary N) is 1. The SMILES string of the molecule is C[C@@H]1Sc2ccc(C(=O)N3CCN(c4ccccn4)CC3)cc2NC1=O. The summed E-state index contributed by atoms with van der Waals surface area (Å²) in [6.45, 7) is 4.72. The molecule has 4 rings (SSSR count). The summed E-state index contributed by atoms with van der Waals surface area (Å²) in [4.78, 5) is 34.2. The summed E-state index contributed by atoms with van der Waals surface area (Å²) in [5.41, 5.74) is 1.35. The molecule has 134 valence electrons. The molecule has 0 saturated carbocycles. The highest BCUT2D eigenvalue weighted by Gasteiger charge is 2.26. The summed E-state index contributed by atoms with van der Waals surface area (Å²) in [7, 11) is 0. The average Bonchev–Trinajstić information content (AvgIpc) is 2.69. The number of carbonyl (C=O) groups is 2. The Hall–Kier alpha value is -2.54. The van der Waals surface area contributed by atoms with E-state index in [1.165, 1.54) is 11.8 Å². The molecule has 1 atom stereocenters. The van der Waals surface area contributed by atoms with E-state index in [1.807, 2.05) is 42.2 Å². The van der Waals surface area contributed by atoms with Gasteiger partial charge in [-0.25, -0.2) is 4.98 Å². The largest absolute Gasteiger partial charge is 0.353 e. The topological polar surface area (TPSA) is 65.5 Å². The van der Waals surface area contributed by atoms with Crippen LogP contribution in [-0.2, 0) is 4.79 Å². The minimum atomic E-state index is -0.108. The van der Waals surface area contributed by atoms with Gasteiger partial charge < -0.3 is 15.1 Å². The second kappa shape index (κ2) is 6.99. The molecule has 2 aromatic rings. The van der Waals surface area contributed by atoms with Crippen LogP contribution in [-0.4, -0.2) is 53.1 Å². The van der Waals surface area contributed by atoms with Crippen LogP contribution in [0.25, 0.3) is 0 Å². The van der Waals surface area contributed by atoms with E-state index in [0.717, 1.165) is 29.5 Å². The Morgan fingerprint density at radius 2 is 2.00 bits per heavy atom. The number of nitrogens with zero attached hydrogens (tertiary/aromatic N) is 3. The fourth-order valence-corrected chi connectivity index (χ4v) is 4.13. The fourth-order valence-electron chi connectivity index (χ4n) is 3.20. The number of rotatable bonds is 2. The second-order valence-corrected chi connectivity index (χ2v) is 7.81. The van der Waals surface area contributed by atoms with E-state index in [4.69, 9.17) is 0 Å². The lowest BCUT2D eigenvalue weighted by atomic mass is 10.1. The van der Waals surface area contributed by atoms with Gasteiger partial charge in [0.05, 0.1) is 10.9 Å². The quantitative estimate of drug-likeness (QED) is 0.882. The van der Waals surface area contributed by atoms with Crippen molar-refractivity contribution in [2.24, 2.45) is 0 Å². The Morgan fingerprint density at radius 1 is 1.19 bits per heavy atom. The molecule has 0 radical (unpaired) electrons. The van der Waals surface area contributed by atoms with E-state index in [-0.39, 0.29) is 17.1 Å². The maximum atomic E-state index is 12.8. The van der Waals surface area contributed by atoms with Gasteiger partial charge >= 0.3 is 0 Å². The van der Waals surface area contributed by atoms with Gasteiger partial charge in [-0.2, -0.15) is 0 Å². The first-order chi connectivity index (χ1) is 12.6. The van der Waals surface area contributed by atoms with E-state index in [9.17, 15) is 9.59 Å². The highest BCUT2D eigenvalue weighted by molar-refractivity contribution is 8.00.